The number of allylic oxidation sites excluding steroid dienone is 1. The van der Waals surface area contributed by atoms with Crippen LogP contribution in [0, 0.1) is 5.41 Å². The molecule has 126 valence electrons. The summed E-state index contributed by atoms with van der Waals surface area (Å²) in [5, 5.41) is 17.9. The van der Waals surface area contributed by atoms with Crippen molar-refractivity contribution in [2.75, 3.05) is 13.2 Å². The van der Waals surface area contributed by atoms with Crippen LogP contribution in [0.4, 0.5) is 0 Å². The summed E-state index contributed by atoms with van der Waals surface area (Å²) < 4.78 is 0. The number of nitrogens with one attached hydrogen (secondary N) is 2. The quantitative estimate of drug-likeness (QED) is 0.626. The van der Waals surface area contributed by atoms with Gasteiger partial charge in [0.25, 0.3) is 0 Å². The molecule has 0 aliphatic carbocycles. The molecule has 6 nitrogen and oxygen atoms in total. The first-order chi connectivity index (χ1) is 11.5. The normalized spacial score (nSPS) is 14.8. The number of fused-ring (bicyclic) bond motifs is 3. The third-order valence-corrected chi connectivity index (χ3v) is 4.99. The van der Waals surface area contributed by atoms with Gasteiger partial charge >= 0.3 is 0 Å². The lowest BCUT2D eigenvalue weighted by Gasteiger charge is -2.27. The molecule has 1 aliphatic heterocycles. The first-order valence-electron chi connectivity index (χ1n) is 7.34. The summed E-state index contributed by atoms with van der Waals surface area (Å²) in [5.41, 5.74) is 9.69. The summed E-state index contributed by atoms with van der Waals surface area (Å²) in [4.78, 5) is 16.7. The summed E-state index contributed by atoms with van der Waals surface area (Å²) in [6, 6.07) is 1.67. The summed E-state index contributed by atoms with van der Waals surface area (Å²) in [5.74, 6) is -0.320. The molecule has 1 aliphatic rings. The van der Waals surface area contributed by atoms with Gasteiger partial charge in [0.15, 0.2) is 0 Å². The van der Waals surface area contributed by atoms with Crippen LogP contribution < -0.4 is 5.73 Å². The van der Waals surface area contributed by atoms with E-state index in [4.69, 9.17) is 39.5 Å². The second kappa shape index (κ2) is 6.47. The molecule has 2 heterocycles. The van der Waals surface area contributed by atoms with Crippen molar-refractivity contribution in [3.8, 4) is 0 Å². The molecule has 8 heteroatoms. The van der Waals surface area contributed by atoms with Crippen molar-refractivity contribution in [3.63, 3.8) is 0 Å². The van der Waals surface area contributed by atoms with Crippen LogP contribution in [0.25, 0.3) is 16.6 Å². The van der Waals surface area contributed by atoms with Crippen molar-refractivity contribution in [1.29, 1.82) is 5.41 Å². The number of aromatic amines is 1. The van der Waals surface area contributed by atoms with Gasteiger partial charge < -0.3 is 26.1 Å². The fraction of sp³-hybridized carbons (Fsp3) is 0.250. The number of hydrogen-bond acceptors (Lipinski definition) is 4. The van der Waals surface area contributed by atoms with Crippen LogP contribution in [0.5, 0.6) is 0 Å². The van der Waals surface area contributed by atoms with Crippen LogP contribution in [0.2, 0.25) is 10.0 Å². The Morgan fingerprint density at radius 2 is 2.25 bits per heavy atom. The molecular formula is C16H16Cl2N4O2. The average molecular weight is 367 g/mol. The number of aliphatic hydroxyl groups excluding tert-OH is 1. The molecule has 0 spiro atoms. The molecule has 24 heavy (non-hydrogen) atoms. The number of rotatable bonds is 3. The predicted octanol–water partition coefficient (Wildman–Crippen LogP) is 2.30. The highest BCUT2D eigenvalue weighted by Gasteiger charge is 2.26. The number of carbonyl (C=O) groups excluding carboxylic acids is 1. The van der Waals surface area contributed by atoms with Crippen LogP contribution in [0.1, 0.15) is 16.8 Å². The zero-order valence-electron chi connectivity index (χ0n) is 12.7. The van der Waals surface area contributed by atoms with E-state index in [2.05, 4.69) is 4.98 Å². The topological polar surface area (TPSA) is 106 Å². The molecule has 3 rings (SSSR count). The van der Waals surface area contributed by atoms with Crippen molar-refractivity contribution >= 4 is 51.9 Å². The van der Waals surface area contributed by atoms with Crippen molar-refractivity contribution in [2.24, 2.45) is 5.73 Å². The van der Waals surface area contributed by atoms with Gasteiger partial charge in [-0.3, -0.25) is 4.79 Å². The van der Waals surface area contributed by atoms with Gasteiger partial charge in [-0.2, -0.15) is 0 Å². The van der Waals surface area contributed by atoms with Gasteiger partial charge in [-0.15, -0.1) is 0 Å². The zero-order chi connectivity index (χ0) is 17.4. The van der Waals surface area contributed by atoms with Crippen LogP contribution in [0.3, 0.4) is 0 Å². The highest BCUT2D eigenvalue weighted by molar-refractivity contribution is 6.45. The highest BCUT2D eigenvalue weighted by atomic mass is 35.5. The van der Waals surface area contributed by atoms with Gasteiger partial charge in [0.1, 0.15) is 6.61 Å². The van der Waals surface area contributed by atoms with E-state index in [-0.39, 0.29) is 5.91 Å². The van der Waals surface area contributed by atoms with E-state index in [9.17, 15) is 4.79 Å². The first-order valence-corrected chi connectivity index (χ1v) is 8.10. The molecule has 2 aromatic rings. The molecule has 0 saturated heterocycles. The average Bonchev–Trinajstić information content (AvgIpc) is 2.96. The maximum atomic E-state index is 11.8. The summed E-state index contributed by atoms with van der Waals surface area (Å²) in [6.07, 6.45) is 3.19. The van der Waals surface area contributed by atoms with E-state index in [1.54, 1.807) is 11.0 Å². The van der Waals surface area contributed by atoms with E-state index < -0.39 is 6.61 Å². The smallest absolute Gasteiger partial charge is 0.248 e. The third-order valence-electron chi connectivity index (χ3n) is 4.20. The summed E-state index contributed by atoms with van der Waals surface area (Å²) in [7, 11) is 0. The van der Waals surface area contributed by atoms with E-state index in [1.165, 1.54) is 6.08 Å². The Morgan fingerprint density at radius 1 is 1.50 bits per heavy atom. The molecule has 5 N–H and O–H groups in total. The lowest BCUT2D eigenvalue weighted by molar-refractivity contribution is -0.135. The number of nitrogens with two attached hydrogens (primary N) is 1. The van der Waals surface area contributed by atoms with Gasteiger partial charge in [0.05, 0.1) is 15.6 Å². The SMILES string of the molecule is N=C/C=C(\N)c1cc(Cl)c(Cl)c2[nH]c3c(c12)CN(C(=O)CO)CC3. The lowest BCUT2D eigenvalue weighted by Crippen LogP contribution is -2.37. The van der Waals surface area contributed by atoms with Crippen LogP contribution in [-0.4, -0.2) is 40.3 Å². The number of benzene rings is 1. The molecular weight excluding hydrogens is 351 g/mol. The van der Waals surface area contributed by atoms with E-state index >= 15 is 0 Å². The summed E-state index contributed by atoms with van der Waals surface area (Å²) >= 11 is 12.5. The molecule has 0 saturated carbocycles. The molecule has 1 aromatic carbocycles. The van der Waals surface area contributed by atoms with Crippen LogP contribution in [0.15, 0.2) is 12.1 Å². The molecule has 0 unspecified atom stereocenters. The van der Waals surface area contributed by atoms with Crippen molar-refractivity contribution < 1.29 is 9.90 Å². The monoisotopic (exact) mass is 366 g/mol. The minimum absolute atomic E-state index is 0.320. The third kappa shape index (κ3) is 2.66. The standard InChI is InChI=1S/C16H16Cl2N4O2/c17-10-5-8(11(20)1-3-19)14-9-6-22(13(24)7-23)4-2-12(9)21-16(14)15(10)18/h1,3,5,19,21,23H,2,4,6-7,20H2/b11-1-,19-3?. The Kier molecular flexibility index (Phi) is 4.54. The van der Waals surface area contributed by atoms with Gasteiger partial charge in [0, 0.05) is 53.6 Å². The van der Waals surface area contributed by atoms with Gasteiger partial charge in [-0.25, -0.2) is 0 Å². The first kappa shape index (κ1) is 16.8. The van der Waals surface area contributed by atoms with Crippen molar-refractivity contribution in [2.45, 2.75) is 13.0 Å². The van der Waals surface area contributed by atoms with E-state index in [0.29, 0.717) is 46.3 Å². The highest BCUT2D eigenvalue weighted by Crippen LogP contribution is 2.39. The van der Waals surface area contributed by atoms with E-state index in [1.807, 2.05) is 0 Å². The Hall–Kier alpha value is -2.02. The maximum Gasteiger partial charge on any atom is 0.248 e. The van der Waals surface area contributed by atoms with Gasteiger partial charge in [-0.1, -0.05) is 23.2 Å². The van der Waals surface area contributed by atoms with Crippen molar-refractivity contribution in [1.82, 2.24) is 9.88 Å². The van der Waals surface area contributed by atoms with Crippen molar-refractivity contribution in [3.05, 3.63) is 39.0 Å². The zero-order valence-corrected chi connectivity index (χ0v) is 14.2. The minimum atomic E-state index is -0.521. The number of nitrogens with zero attached hydrogens (tertiary/aromatic N) is 1. The number of H-pyrrole nitrogens is 1. The molecule has 1 aromatic heterocycles. The Labute approximate surface area is 148 Å². The Bertz CT molecular complexity index is 873. The van der Waals surface area contributed by atoms with E-state index in [0.717, 1.165) is 22.9 Å². The maximum absolute atomic E-state index is 11.8. The molecule has 0 atom stereocenters. The van der Waals surface area contributed by atoms with Crippen LogP contribution in [-0.2, 0) is 17.8 Å². The Morgan fingerprint density at radius 3 is 2.92 bits per heavy atom. The molecule has 0 bridgehead atoms. The van der Waals surface area contributed by atoms with Gasteiger partial charge in [-0.05, 0) is 12.1 Å². The largest absolute Gasteiger partial charge is 0.398 e. The number of hydrogen-bond donors (Lipinski definition) is 4. The number of halogens is 2. The number of carbonyl (C=O) groups is 1. The fourth-order valence-corrected chi connectivity index (χ4v) is 3.46. The molecule has 1 amide bonds. The Balaban J connectivity index is 2.25. The molecule has 0 radical (unpaired) electrons. The number of aliphatic hydroxyl groups is 1. The van der Waals surface area contributed by atoms with Crippen LogP contribution >= 0.6 is 23.2 Å². The second-order valence-electron chi connectivity index (χ2n) is 5.56. The van der Waals surface area contributed by atoms with Gasteiger partial charge in [0.2, 0.25) is 5.91 Å². The molecule has 0 fully saturated rings. The second-order valence-corrected chi connectivity index (χ2v) is 6.35. The lowest BCUT2D eigenvalue weighted by atomic mass is 9.99. The minimum Gasteiger partial charge on any atom is -0.398 e. The summed E-state index contributed by atoms with van der Waals surface area (Å²) in [6.45, 7) is 0.357. The predicted molar refractivity (Wildman–Crippen MR) is 95.5 cm³/mol. The number of aromatic nitrogens is 1. The number of amides is 1. The fourth-order valence-electron chi connectivity index (χ4n) is 3.06.